The monoisotopic (exact) mass is 168 g/mol. The molecular weight excluding hydrogens is 152 g/mol. The van der Waals surface area contributed by atoms with Crippen molar-refractivity contribution in [2.75, 3.05) is 6.54 Å². The molecule has 0 aliphatic carbocycles. The van der Waals surface area contributed by atoms with Crippen LogP contribution in [-0.4, -0.2) is 11.7 Å². The molecule has 1 rings (SSSR count). The molecule has 0 amide bonds. The van der Waals surface area contributed by atoms with Crippen LogP contribution in [0.25, 0.3) is 0 Å². The number of aromatic nitrogens is 1. The Kier molecular flexibility index (Phi) is 3.29. The summed E-state index contributed by atoms with van der Waals surface area (Å²) < 4.78 is 5.10. The summed E-state index contributed by atoms with van der Waals surface area (Å²) in [5.74, 6) is 1.38. The van der Waals surface area contributed by atoms with Crippen LogP contribution in [0.15, 0.2) is 10.6 Å². The van der Waals surface area contributed by atoms with Crippen LogP contribution >= 0.6 is 0 Å². The largest absolute Gasteiger partial charge is 0.361 e. The zero-order valence-corrected chi connectivity index (χ0v) is 7.71. The van der Waals surface area contributed by atoms with E-state index in [0.717, 1.165) is 24.3 Å². The molecule has 1 aromatic rings. The SMILES string of the molecule is CCC(C)c1cc(CCN)on1. The van der Waals surface area contributed by atoms with Gasteiger partial charge in [-0.1, -0.05) is 19.0 Å². The number of hydrogen-bond donors (Lipinski definition) is 1. The molecule has 0 radical (unpaired) electrons. The third-order valence-electron chi connectivity index (χ3n) is 2.09. The highest BCUT2D eigenvalue weighted by Crippen LogP contribution is 2.17. The Morgan fingerprint density at radius 1 is 1.67 bits per heavy atom. The molecule has 68 valence electrons. The summed E-state index contributed by atoms with van der Waals surface area (Å²) in [6, 6.07) is 2.00. The van der Waals surface area contributed by atoms with Crippen molar-refractivity contribution in [2.24, 2.45) is 5.73 Å². The molecule has 0 saturated heterocycles. The van der Waals surface area contributed by atoms with E-state index in [2.05, 4.69) is 19.0 Å². The smallest absolute Gasteiger partial charge is 0.138 e. The standard InChI is InChI=1S/C9H16N2O/c1-3-7(2)9-6-8(4-5-10)12-11-9/h6-7H,3-5,10H2,1-2H3. The highest BCUT2D eigenvalue weighted by Gasteiger charge is 2.08. The van der Waals surface area contributed by atoms with Crippen molar-refractivity contribution in [2.45, 2.75) is 32.6 Å². The maximum Gasteiger partial charge on any atom is 0.138 e. The molecule has 0 aliphatic heterocycles. The minimum atomic E-state index is 0.486. The van der Waals surface area contributed by atoms with E-state index in [4.69, 9.17) is 10.3 Å². The molecule has 1 unspecified atom stereocenters. The van der Waals surface area contributed by atoms with Crippen molar-refractivity contribution in [3.8, 4) is 0 Å². The van der Waals surface area contributed by atoms with Gasteiger partial charge in [-0.05, 0) is 13.0 Å². The summed E-state index contributed by atoms with van der Waals surface area (Å²) >= 11 is 0. The van der Waals surface area contributed by atoms with Crippen molar-refractivity contribution >= 4 is 0 Å². The predicted octanol–water partition coefficient (Wildman–Crippen LogP) is 1.69. The zero-order valence-electron chi connectivity index (χ0n) is 7.71. The molecule has 0 bridgehead atoms. The number of nitrogens with two attached hydrogens (primary N) is 1. The quantitative estimate of drug-likeness (QED) is 0.744. The van der Waals surface area contributed by atoms with Gasteiger partial charge in [-0.2, -0.15) is 0 Å². The van der Waals surface area contributed by atoms with Crippen LogP contribution in [0.1, 0.15) is 37.6 Å². The second-order valence-corrected chi connectivity index (χ2v) is 3.07. The molecule has 0 aromatic carbocycles. The van der Waals surface area contributed by atoms with Gasteiger partial charge in [-0.15, -0.1) is 0 Å². The molecule has 3 nitrogen and oxygen atoms in total. The van der Waals surface area contributed by atoms with Gasteiger partial charge < -0.3 is 10.3 Å². The van der Waals surface area contributed by atoms with E-state index in [9.17, 15) is 0 Å². The maximum atomic E-state index is 5.39. The van der Waals surface area contributed by atoms with Crippen LogP contribution in [0.5, 0.6) is 0 Å². The highest BCUT2D eigenvalue weighted by atomic mass is 16.5. The first kappa shape index (κ1) is 9.26. The fourth-order valence-corrected chi connectivity index (χ4v) is 1.03. The van der Waals surface area contributed by atoms with E-state index < -0.39 is 0 Å². The number of hydrogen-bond acceptors (Lipinski definition) is 3. The maximum absolute atomic E-state index is 5.39. The van der Waals surface area contributed by atoms with Crippen LogP contribution in [0.4, 0.5) is 0 Å². The summed E-state index contributed by atoms with van der Waals surface area (Å²) in [7, 11) is 0. The van der Waals surface area contributed by atoms with Crippen molar-refractivity contribution in [3.05, 3.63) is 17.5 Å². The minimum Gasteiger partial charge on any atom is -0.361 e. The van der Waals surface area contributed by atoms with Gasteiger partial charge >= 0.3 is 0 Å². The lowest BCUT2D eigenvalue weighted by Crippen LogP contribution is -2.01. The molecule has 1 atom stereocenters. The van der Waals surface area contributed by atoms with Crippen LogP contribution < -0.4 is 5.73 Å². The molecule has 1 aromatic heterocycles. The van der Waals surface area contributed by atoms with E-state index in [1.165, 1.54) is 0 Å². The Morgan fingerprint density at radius 3 is 3.00 bits per heavy atom. The Hall–Kier alpha value is -0.830. The van der Waals surface area contributed by atoms with Crippen molar-refractivity contribution in [3.63, 3.8) is 0 Å². The molecule has 1 heterocycles. The molecule has 0 spiro atoms. The lowest BCUT2D eigenvalue weighted by Gasteiger charge is -1.99. The van der Waals surface area contributed by atoms with Crippen molar-refractivity contribution in [1.29, 1.82) is 0 Å². The normalized spacial score (nSPS) is 13.2. The van der Waals surface area contributed by atoms with E-state index in [0.29, 0.717) is 12.5 Å². The van der Waals surface area contributed by atoms with Crippen molar-refractivity contribution in [1.82, 2.24) is 5.16 Å². The van der Waals surface area contributed by atoms with Gasteiger partial charge in [-0.25, -0.2) is 0 Å². The summed E-state index contributed by atoms with van der Waals surface area (Å²) in [4.78, 5) is 0. The zero-order chi connectivity index (χ0) is 8.97. The van der Waals surface area contributed by atoms with Crippen molar-refractivity contribution < 1.29 is 4.52 Å². The van der Waals surface area contributed by atoms with Gasteiger partial charge in [0.2, 0.25) is 0 Å². The Bertz CT molecular complexity index is 232. The van der Waals surface area contributed by atoms with Gasteiger partial charge in [0.25, 0.3) is 0 Å². The first-order chi connectivity index (χ1) is 5.77. The lowest BCUT2D eigenvalue weighted by atomic mass is 10.1. The van der Waals surface area contributed by atoms with Crippen LogP contribution in [0.3, 0.4) is 0 Å². The van der Waals surface area contributed by atoms with E-state index in [1.54, 1.807) is 0 Å². The fourth-order valence-electron chi connectivity index (χ4n) is 1.03. The summed E-state index contributed by atoms with van der Waals surface area (Å²) in [6.07, 6.45) is 1.87. The molecule has 0 fully saturated rings. The molecule has 0 aliphatic rings. The van der Waals surface area contributed by atoms with Crippen LogP contribution in [0.2, 0.25) is 0 Å². The summed E-state index contributed by atoms with van der Waals surface area (Å²) in [5.41, 5.74) is 6.43. The number of nitrogens with zero attached hydrogens (tertiary/aromatic N) is 1. The molecule has 12 heavy (non-hydrogen) atoms. The van der Waals surface area contributed by atoms with Gasteiger partial charge in [0.15, 0.2) is 0 Å². The van der Waals surface area contributed by atoms with E-state index in [1.807, 2.05) is 6.07 Å². The third-order valence-corrected chi connectivity index (χ3v) is 2.09. The van der Waals surface area contributed by atoms with Gasteiger partial charge in [-0.3, -0.25) is 0 Å². The first-order valence-electron chi connectivity index (χ1n) is 4.43. The summed E-state index contributed by atoms with van der Waals surface area (Å²) in [5, 5.41) is 3.98. The average Bonchev–Trinajstić information content (AvgIpc) is 2.52. The average molecular weight is 168 g/mol. The Labute approximate surface area is 72.9 Å². The Morgan fingerprint density at radius 2 is 2.42 bits per heavy atom. The minimum absolute atomic E-state index is 0.486. The number of rotatable bonds is 4. The topological polar surface area (TPSA) is 52.0 Å². The van der Waals surface area contributed by atoms with Gasteiger partial charge in [0.1, 0.15) is 5.76 Å². The lowest BCUT2D eigenvalue weighted by molar-refractivity contribution is 0.374. The fraction of sp³-hybridized carbons (Fsp3) is 0.667. The first-order valence-corrected chi connectivity index (χ1v) is 4.43. The third kappa shape index (κ3) is 2.08. The predicted molar refractivity (Wildman–Crippen MR) is 48.0 cm³/mol. The van der Waals surface area contributed by atoms with Crippen LogP contribution in [-0.2, 0) is 6.42 Å². The van der Waals surface area contributed by atoms with E-state index >= 15 is 0 Å². The Balaban J connectivity index is 2.63. The van der Waals surface area contributed by atoms with Gasteiger partial charge in [0.05, 0.1) is 5.69 Å². The molecular formula is C9H16N2O. The van der Waals surface area contributed by atoms with Crippen LogP contribution in [0, 0.1) is 0 Å². The second kappa shape index (κ2) is 4.26. The highest BCUT2D eigenvalue weighted by molar-refractivity contribution is 5.09. The van der Waals surface area contributed by atoms with E-state index in [-0.39, 0.29) is 0 Å². The van der Waals surface area contributed by atoms with Gasteiger partial charge in [0, 0.05) is 18.4 Å². The molecule has 3 heteroatoms. The second-order valence-electron chi connectivity index (χ2n) is 3.07. The summed E-state index contributed by atoms with van der Waals surface area (Å²) in [6.45, 7) is 4.90. The molecule has 2 N–H and O–H groups in total. The molecule has 0 saturated carbocycles.